The average Bonchev–Trinajstić information content (AvgIpc) is 2.66. The first-order valence-electron chi connectivity index (χ1n) is 6.39. The highest BCUT2D eigenvalue weighted by Crippen LogP contribution is 2.10. The van der Waals surface area contributed by atoms with Crippen molar-refractivity contribution in [2.24, 2.45) is 5.92 Å². The van der Waals surface area contributed by atoms with E-state index in [2.05, 4.69) is 29.6 Å². The van der Waals surface area contributed by atoms with E-state index in [1.54, 1.807) is 0 Å². The molecule has 0 saturated heterocycles. The minimum absolute atomic E-state index is 0.307. The minimum Gasteiger partial charge on any atom is -0.314 e. The Hall–Kier alpha value is -1.64. The molecule has 1 aromatic rings. The maximum Gasteiger partial charge on any atom is 0.232 e. The molecule has 1 unspecified atom stereocenters. The number of allylic oxidation sites excluding steroid dienone is 5. The van der Waals surface area contributed by atoms with E-state index in [1.165, 1.54) is 5.56 Å². The van der Waals surface area contributed by atoms with E-state index in [4.69, 9.17) is 11.6 Å². The van der Waals surface area contributed by atoms with Crippen LogP contribution < -0.4 is 5.32 Å². The molecule has 0 aliphatic heterocycles. The maximum atomic E-state index is 11.1. The van der Waals surface area contributed by atoms with Gasteiger partial charge in [-0.05, 0) is 29.3 Å². The fourth-order valence-corrected chi connectivity index (χ4v) is 2.10. The van der Waals surface area contributed by atoms with E-state index >= 15 is 0 Å². The van der Waals surface area contributed by atoms with E-state index in [0.717, 1.165) is 18.7 Å². The molecular weight excluding hydrogens is 258 g/mol. The molecule has 3 heteroatoms. The summed E-state index contributed by atoms with van der Waals surface area (Å²) in [5, 5.41) is 1.83. The number of halogens is 1. The largest absolute Gasteiger partial charge is 0.314 e. The summed E-state index contributed by atoms with van der Waals surface area (Å²) in [6.07, 6.45) is 10.5. The number of quaternary nitrogens is 1. The number of hydrogen-bond acceptors (Lipinski definition) is 1. The zero-order valence-corrected chi connectivity index (χ0v) is 11.4. The molecule has 0 saturated carbocycles. The normalized spacial score (nSPS) is 17.9. The molecule has 2 nitrogen and oxygen atoms in total. The van der Waals surface area contributed by atoms with Gasteiger partial charge < -0.3 is 5.32 Å². The van der Waals surface area contributed by atoms with Crippen molar-refractivity contribution < 1.29 is 10.1 Å². The summed E-state index contributed by atoms with van der Waals surface area (Å²) in [6, 6.07) is 10.4. The Morgan fingerprint density at radius 3 is 2.74 bits per heavy atom. The highest BCUT2D eigenvalue weighted by atomic mass is 35.5. The molecule has 1 aliphatic rings. The van der Waals surface area contributed by atoms with Crippen LogP contribution >= 0.6 is 11.6 Å². The molecule has 0 fully saturated rings. The highest BCUT2D eigenvalue weighted by molar-refractivity contribution is 6.64. The van der Waals surface area contributed by atoms with Crippen LogP contribution in [-0.4, -0.2) is 11.8 Å². The van der Waals surface area contributed by atoms with Gasteiger partial charge in [0.25, 0.3) is 0 Å². The molecule has 1 aliphatic carbocycles. The van der Waals surface area contributed by atoms with Gasteiger partial charge in [0.1, 0.15) is 5.70 Å². The van der Waals surface area contributed by atoms with Crippen LogP contribution in [0.5, 0.6) is 0 Å². The van der Waals surface area contributed by atoms with Crippen molar-refractivity contribution in [3.63, 3.8) is 0 Å². The summed E-state index contributed by atoms with van der Waals surface area (Å²) in [5.41, 5.74) is 2.45. The van der Waals surface area contributed by atoms with Crippen molar-refractivity contribution >= 4 is 16.8 Å². The van der Waals surface area contributed by atoms with Crippen molar-refractivity contribution in [1.29, 1.82) is 0 Å². The van der Waals surface area contributed by atoms with Crippen molar-refractivity contribution in [3.8, 4) is 0 Å². The van der Waals surface area contributed by atoms with Gasteiger partial charge in [0.2, 0.25) is 5.24 Å². The molecular formula is C16H17ClNO+. The van der Waals surface area contributed by atoms with Gasteiger partial charge in [0, 0.05) is 6.42 Å². The van der Waals surface area contributed by atoms with Crippen LogP contribution in [0.2, 0.25) is 0 Å². The van der Waals surface area contributed by atoms with Crippen LogP contribution in [-0.2, 0) is 11.2 Å². The third-order valence-corrected chi connectivity index (χ3v) is 3.27. The van der Waals surface area contributed by atoms with Gasteiger partial charge in [-0.3, -0.25) is 4.79 Å². The molecule has 1 aromatic carbocycles. The van der Waals surface area contributed by atoms with Gasteiger partial charge in [-0.2, -0.15) is 0 Å². The molecule has 0 spiro atoms. The zero-order valence-electron chi connectivity index (χ0n) is 10.6. The van der Waals surface area contributed by atoms with Crippen molar-refractivity contribution in [1.82, 2.24) is 0 Å². The number of carbonyl (C=O) groups excluding carboxylic acids is 1. The number of benzene rings is 1. The molecule has 2 rings (SSSR count). The Morgan fingerprint density at radius 2 is 2.00 bits per heavy atom. The lowest BCUT2D eigenvalue weighted by atomic mass is 10.1. The van der Waals surface area contributed by atoms with Crippen LogP contribution in [0.25, 0.3) is 0 Å². The number of carbonyl (C=O) groups is 1. The summed E-state index contributed by atoms with van der Waals surface area (Å²) in [4.78, 5) is 11.1. The maximum absolute atomic E-state index is 11.1. The van der Waals surface area contributed by atoms with Gasteiger partial charge >= 0.3 is 0 Å². The Bertz CT molecular complexity index is 517. The predicted molar refractivity (Wildman–Crippen MR) is 77.7 cm³/mol. The topological polar surface area (TPSA) is 33.7 Å². The SMILES string of the molecule is O=C(Cl)C1C=CC=C([NH2+]CCc2ccccc2)C=C1. The van der Waals surface area contributed by atoms with E-state index in [1.807, 2.05) is 36.4 Å². The number of nitrogens with two attached hydrogens (primary N) is 1. The lowest BCUT2D eigenvalue weighted by Gasteiger charge is -2.02. The van der Waals surface area contributed by atoms with Gasteiger partial charge in [0.05, 0.1) is 12.5 Å². The number of hydrogen-bond donors (Lipinski definition) is 1. The molecule has 19 heavy (non-hydrogen) atoms. The van der Waals surface area contributed by atoms with Gasteiger partial charge in [-0.15, -0.1) is 0 Å². The average molecular weight is 275 g/mol. The Kier molecular flexibility index (Phi) is 5.13. The summed E-state index contributed by atoms with van der Waals surface area (Å²) in [6.45, 7) is 0.980. The van der Waals surface area contributed by atoms with Crippen LogP contribution in [0.15, 0.2) is 66.4 Å². The minimum atomic E-state index is -0.341. The van der Waals surface area contributed by atoms with Crippen molar-refractivity contribution in [3.05, 3.63) is 72.0 Å². The molecule has 0 radical (unpaired) electrons. The monoisotopic (exact) mass is 274 g/mol. The fraction of sp³-hybridized carbons (Fsp3) is 0.188. The first-order chi connectivity index (χ1) is 9.25. The standard InChI is InChI=1S/C16H16ClNO/c17-16(19)14-7-4-8-15(10-9-14)18-12-11-13-5-2-1-3-6-13/h1-10,14,18H,11-12H2/p+1. The third-order valence-electron chi connectivity index (χ3n) is 3.02. The molecule has 0 aromatic heterocycles. The lowest BCUT2D eigenvalue weighted by Crippen LogP contribution is -2.82. The summed E-state index contributed by atoms with van der Waals surface area (Å²) < 4.78 is 0. The number of rotatable bonds is 5. The van der Waals surface area contributed by atoms with E-state index in [0.29, 0.717) is 0 Å². The zero-order chi connectivity index (χ0) is 13.5. The second kappa shape index (κ2) is 7.07. The summed E-state index contributed by atoms with van der Waals surface area (Å²) in [7, 11) is 0. The Balaban J connectivity index is 1.84. The predicted octanol–water partition coefficient (Wildman–Crippen LogP) is 2.18. The fourth-order valence-electron chi connectivity index (χ4n) is 1.96. The molecule has 0 amide bonds. The first-order valence-corrected chi connectivity index (χ1v) is 6.76. The molecule has 0 heterocycles. The third kappa shape index (κ3) is 4.51. The Morgan fingerprint density at radius 1 is 1.21 bits per heavy atom. The molecule has 2 N–H and O–H groups in total. The summed E-state index contributed by atoms with van der Waals surface area (Å²) in [5.74, 6) is -0.307. The van der Waals surface area contributed by atoms with Crippen LogP contribution in [0, 0.1) is 5.92 Å². The highest BCUT2D eigenvalue weighted by Gasteiger charge is 2.10. The Labute approximate surface area is 118 Å². The second-order valence-corrected chi connectivity index (χ2v) is 4.84. The van der Waals surface area contributed by atoms with Gasteiger partial charge in [-0.1, -0.05) is 48.6 Å². The lowest BCUT2D eigenvalue weighted by molar-refractivity contribution is -0.601. The van der Waals surface area contributed by atoms with E-state index in [-0.39, 0.29) is 11.2 Å². The first kappa shape index (κ1) is 13.8. The van der Waals surface area contributed by atoms with Crippen molar-refractivity contribution in [2.75, 3.05) is 6.54 Å². The van der Waals surface area contributed by atoms with Crippen LogP contribution in [0.3, 0.4) is 0 Å². The molecule has 0 bridgehead atoms. The van der Waals surface area contributed by atoms with Gasteiger partial charge in [0.15, 0.2) is 0 Å². The molecule has 1 atom stereocenters. The van der Waals surface area contributed by atoms with Crippen LogP contribution in [0.1, 0.15) is 5.56 Å². The van der Waals surface area contributed by atoms with Gasteiger partial charge in [-0.25, -0.2) is 0 Å². The molecule has 98 valence electrons. The summed E-state index contributed by atoms with van der Waals surface area (Å²) >= 11 is 5.49. The van der Waals surface area contributed by atoms with Crippen LogP contribution in [0.4, 0.5) is 0 Å². The second-order valence-electron chi connectivity index (χ2n) is 4.47. The quantitative estimate of drug-likeness (QED) is 0.821. The smallest absolute Gasteiger partial charge is 0.232 e. The van der Waals surface area contributed by atoms with E-state index in [9.17, 15) is 4.79 Å². The van der Waals surface area contributed by atoms with E-state index < -0.39 is 0 Å². The van der Waals surface area contributed by atoms with Crippen molar-refractivity contribution in [2.45, 2.75) is 6.42 Å².